The van der Waals surface area contributed by atoms with E-state index in [0.717, 1.165) is 26.1 Å². The molecule has 2 N–H and O–H groups in total. The zero-order valence-corrected chi connectivity index (χ0v) is 11.3. The van der Waals surface area contributed by atoms with Gasteiger partial charge in [0.15, 0.2) is 0 Å². The van der Waals surface area contributed by atoms with Gasteiger partial charge in [0.2, 0.25) is 0 Å². The highest BCUT2D eigenvalue weighted by atomic mass is 16.5. The fourth-order valence-electron chi connectivity index (χ4n) is 2.72. The Kier molecular flexibility index (Phi) is 7.82. The van der Waals surface area contributed by atoms with Crippen LogP contribution in [-0.4, -0.2) is 38.5 Å². The zero-order chi connectivity index (χ0) is 12.4. The summed E-state index contributed by atoms with van der Waals surface area (Å²) in [6, 6.07) is 0. The Hall–Kier alpha value is -0.120. The molecule has 0 radical (unpaired) electrons. The maximum absolute atomic E-state index is 9.56. The third-order valence-electron chi connectivity index (χ3n) is 3.95. The lowest BCUT2D eigenvalue weighted by molar-refractivity contribution is 0.0814. The number of rotatable bonds is 9. The molecule has 0 atom stereocenters. The minimum absolute atomic E-state index is 0.185. The van der Waals surface area contributed by atoms with Gasteiger partial charge in [-0.05, 0) is 38.6 Å². The highest BCUT2D eigenvalue weighted by Gasteiger charge is 2.30. The van der Waals surface area contributed by atoms with Gasteiger partial charge >= 0.3 is 0 Å². The summed E-state index contributed by atoms with van der Waals surface area (Å²) in [5.74, 6) is 0. The first-order valence-corrected chi connectivity index (χ1v) is 7.13. The molecule has 1 aliphatic rings. The number of ether oxygens (including phenoxy) is 1. The number of unbranched alkanes of at least 4 members (excludes halogenated alkanes) is 2. The van der Waals surface area contributed by atoms with Crippen molar-refractivity contribution in [1.29, 1.82) is 0 Å². The lowest BCUT2D eigenvalue weighted by Crippen LogP contribution is -2.39. The predicted octanol–water partition coefficient (Wildman–Crippen LogP) is 2.34. The van der Waals surface area contributed by atoms with Gasteiger partial charge in [-0.2, -0.15) is 0 Å². The van der Waals surface area contributed by atoms with Gasteiger partial charge in [-0.25, -0.2) is 0 Å². The second-order valence-corrected chi connectivity index (χ2v) is 5.45. The highest BCUT2D eigenvalue weighted by molar-refractivity contribution is 4.84. The smallest absolute Gasteiger partial charge is 0.0499 e. The van der Waals surface area contributed by atoms with E-state index in [4.69, 9.17) is 4.74 Å². The molecule has 0 aromatic rings. The highest BCUT2D eigenvalue weighted by Crippen LogP contribution is 2.35. The summed E-state index contributed by atoms with van der Waals surface area (Å²) in [6.07, 6.45) is 9.91. The van der Waals surface area contributed by atoms with Gasteiger partial charge in [-0.3, -0.25) is 0 Å². The molecule has 0 spiro atoms. The number of nitrogens with one attached hydrogen (secondary N) is 1. The first-order valence-electron chi connectivity index (χ1n) is 7.13. The second kappa shape index (κ2) is 8.90. The molecule has 1 saturated carbocycles. The molecule has 3 nitrogen and oxygen atoms in total. The molecule has 0 unspecified atom stereocenters. The molecule has 0 bridgehead atoms. The first kappa shape index (κ1) is 14.9. The summed E-state index contributed by atoms with van der Waals surface area (Å²) in [7, 11) is 1.76. The Labute approximate surface area is 106 Å². The van der Waals surface area contributed by atoms with Gasteiger partial charge in [0.05, 0.1) is 0 Å². The number of methoxy groups -OCH3 is 1. The van der Waals surface area contributed by atoms with Crippen LogP contribution in [0.5, 0.6) is 0 Å². The van der Waals surface area contributed by atoms with Crippen molar-refractivity contribution < 1.29 is 9.84 Å². The van der Waals surface area contributed by atoms with Crippen molar-refractivity contribution in [2.24, 2.45) is 5.41 Å². The van der Waals surface area contributed by atoms with Gasteiger partial charge in [-0.15, -0.1) is 0 Å². The summed E-state index contributed by atoms with van der Waals surface area (Å²) >= 11 is 0. The third-order valence-corrected chi connectivity index (χ3v) is 3.95. The molecule has 1 rings (SSSR count). The van der Waals surface area contributed by atoms with Crippen LogP contribution in [0, 0.1) is 5.41 Å². The second-order valence-electron chi connectivity index (χ2n) is 5.45. The maximum atomic E-state index is 9.56. The Balaban J connectivity index is 2.03. The van der Waals surface area contributed by atoms with Crippen LogP contribution in [0.1, 0.15) is 51.4 Å². The van der Waals surface area contributed by atoms with Gasteiger partial charge in [0.25, 0.3) is 0 Å². The SMILES string of the molecule is COCCCCCNCC1(CO)CCCCC1. The number of hydrogen-bond donors (Lipinski definition) is 2. The van der Waals surface area contributed by atoms with E-state index in [-0.39, 0.29) is 5.41 Å². The molecular weight excluding hydrogens is 214 g/mol. The van der Waals surface area contributed by atoms with E-state index in [1.165, 1.54) is 44.9 Å². The van der Waals surface area contributed by atoms with Crippen LogP contribution in [0.2, 0.25) is 0 Å². The average Bonchev–Trinajstić information content (AvgIpc) is 2.39. The lowest BCUT2D eigenvalue weighted by Gasteiger charge is -2.35. The third kappa shape index (κ3) is 5.84. The standard InChI is InChI=1S/C14H29NO2/c1-17-11-7-3-6-10-15-12-14(13-16)8-4-2-5-9-14/h15-16H,2-13H2,1H3. The van der Waals surface area contributed by atoms with E-state index < -0.39 is 0 Å². The summed E-state index contributed by atoms with van der Waals surface area (Å²) in [4.78, 5) is 0. The Morgan fingerprint density at radius 3 is 2.53 bits per heavy atom. The molecular formula is C14H29NO2. The summed E-state index contributed by atoms with van der Waals surface area (Å²) in [6.45, 7) is 3.30. The fourth-order valence-corrected chi connectivity index (χ4v) is 2.72. The van der Waals surface area contributed by atoms with E-state index in [0.29, 0.717) is 6.61 Å². The summed E-state index contributed by atoms with van der Waals surface area (Å²) < 4.78 is 5.02. The number of hydrogen-bond acceptors (Lipinski definition) is 3. The largest absolute Gasteiger partial charge is 0.396 e. The Bertz CT molecular complexity index is 179. The minimum Gasteiger partial charge on any atom is -0.396 e. The monoisotopic (exact) mass is 243 g/mol. The lowest BCUT2D eigenvalue weighted by atomic mass is 9.74. The first-order chi connectivity index (χ1) is 8.33. The molecule has 1 aliphatic carbocycles. The van der Waals surface area contributed by atoms with E-state index in [1.54, 1.807) is 7.11 Å². The van der Waals surface area contributed by atoms with E-state index in [1.807, 2.05) is 0 Å². The van der Waals surface area contributed by atoms with Crippen LogP contribution < -0.4 is 5.32 Å². The molecule has 0 aromatic heterocycles. The van der Waals surface area contributed by atoms with Crippen LogP contribution in [0.15, 0.2) is 0 Å². The summed E-state index contributed by atoms with van der Waals surface area (Å²) in [5, 5.41) is 13.1. The fraction of sp³-hybridized carbons (Fsp3) is 1.00. The predicted molar refractivity (Wildman–Crippen MR) is 71.2 cm³/mol. The zero-order valence-electron chi connectivity index (χ0n) is 11.3. The summed E-state index contributed by atoms with van der Waals surface area (Å²) in [5.41, 5.74) is 0.185. The van der Waals surface area contributed by atoms with Gasteiger partial charge in [-0.1, -0.05) is 19.3 Å². The van der Waals surface area contributed by atoms with Gasteiger partial charge < -0.3 is 15.2 Å². The Morgan fingerprint density at radius 2 is 1.88 bits per heavy atom. The van der Waals surface area contributed by atoms with Crippen LogP contribution in [0.25, 0.3) is 0 Å². The number of aliphatic hydroxyl groups is 1. The molecule has 0 aliphatic heterocycles. The number of aliphatic hydroxyl groups excluding tert-OH is 1. The molecule has 102 valence electrons. The van der Waals surface area contributed by atoms with Crippen molar-refractivity contribution >= 4 is 0 Å². The van der Waals surface area contributed by atoms with Crippen molar-refractivity contribution in [2.75, 3.05) is 33.4 Å². The maximum Gasteiger partial charge on any atom is 0.0499 e. The van der Waals surface area contributed by atoms with Crippen molar-refractivity contribution in [3.8, 4) is 0 Å². The Morgan fingerprint density at radius 1 is 1.12 bits per heavy atom. The van der Waals surface area contributed by atoms with Gasteiger partial charge in [0.1, 0.15) is 0 Å². The van der Waals surface area contributed by atoms with Crippen LogP contribution in [0.4, 0.5) is 0 Å². The van der Waals surface area contributed by atoms with Gasteiger partial charge in [0, 0.05) is 32.3 Å². The van der Waals surface area contributed by atoms with Crippen molar-refractivity contribution in [2.45, 2.75) is 51.4 Å². The average molecular weight is 243 g/mol. The molecule has 0 heterocycles. The topological polar surface area (TPSA) is 41.5 Å². The minimum atomic E-state index is 0.185. The molecule has 0 aromatic carbocycles. The van der Waals surface area contributed by atoms with E-state index >= 15 is 0 Å². The molecule has 1 fully saturated rings. The van der Waals surface area contributed by atoms with Crippen molar-refractivity contribution in [1.82, 2.24) is 5.32 Å². The van der Waals surface area contributed by atoms with Crippen LogP contribution in [0.3, 0.4) is 0 Å². The molecule has 3 heteroatoms. The molecule has 17 heavy (non-hydrogen) atoms. The van der Waals surface area contributed by atoms with Crippen molar-refractivity contribution in [3.05, 3.63) is 0 Å². The van der Waals surface area contributed by atoms with E-state index in [2.05, 4.69) is 5.32 Å². The normalized spacial score (nSPS) is 19.4. The molecule has 0 amide bonds. The van der Waals surface area contributed by atoms with E-state index in [9.17, 15) is 5.11 Å². The van der Waals surface area contributed by atoms with Crippen LogP contribution >= 0.6 is 0 Å². The quantitative estimate of drug-likeness (QED) is 0.611. The van der Waals surface area contributed by atoms with Crippen LogP contribution in [-0.2, 0) is 4.74 Å². The van der Waals surface area contributed by atoms with Crippen molar-refractivity contribution in [3.63, 3.8) is 0 Å². The molecule has 0 saturated heterocycles.